The van der Waals surface area contributed by atoms with E-state index in [1.54, 1.807) is 0 Å². The molecule has 0 atom stereocenters. The highest BCUT2D eigenvalue weighted by Gasteiger charge is 2.30. The maximum atomic E-state index is 12.5. The number of fused-ring (bicyclic) bond motifs is 2. The van der Waals surface area contributed by atoms with Gasteiger partial charge in [0.15, 0.2) is 0 Å². The molecule has 12 heteroatoms. The number of non-ortho nitro benzene ring substituents is 1. The molecule has 0 aromatic heterocycles. The van der Waals surface area contributed by atoms with Crippen molar-refractivity contribution in [1.29, 1.82) is 0 Å². The number of hydrogen-bond acceptors (Lipinski definition) is 7. The summed E-state index contributed by atoms with van der Waals surface area (Å²) in [5.41, 5.74) is 1.97. The molecule has 0 spiro atoms. The Hall–Kier alpha value is -3.58. The van der Waals surface area contributed by atoms with Crippen molar-refractivity contribution in [3.8, 4) is 11.5 Å². The summed E-state index contributed by atoms with van der Waals surface area (Å²) >= 11 is 0. The molecule has 1 heterocycles. The quantitative estimate of drug-likeness (QED) is 0.154. The van der Waals surface area contributed by atoms with Crippen LogP contribution in [-0.4, -0.2) is 30.9 Å². The lowest BCUT2D eigenvalue weighted by molar-refractivity contribution is -0.384. The fourth-order valence-electron chi connectivity index (χ4n) is 4.87. The van der Waals surface area contributed by atoms with Crippen LogP contribution in [0.5, 0.6) is 11.5 Å². The van der Waals surface area contributed by atoms with Gasteiger partial charge < -0.3 is 4.74 Å². The SMILES string of the molecule is C=c1c(CCCC)cc2c(c1CCCC)Oc1cc([N+](=O)[O-])ccc1C=2c1ccc(S(=O)(=O)O)cc1S(=O)(=O)O. The number of rotatable bonds is 10. The maximum Gasteiger partial charge on any atom is 0.295 e. The summed E-state index contributed by atoms with van der Waals surface area (Å²) in [6, 6.07) is 8.63. The number of hydrogen-bond donors (Lipinski definition) is 2. The molecule has 2 N–H and O–H groups in total. The molecule has 3 aromatic rings. The minimum atomic E-state index is -5.01. The molecule has 1 aliphatic rings. The lowest BCUT2D eigenvalue weighted by Crippen LogP contribution is -2.27. The lowest BCUT2D eigenvalue weighted by Gasteiger charge is -2.25. The third-order valence-electron chi connectivity index (χ3n) is 6.89. The van der Waals surface area contributed by atoms with Crippen molar-refractivity contribution >= 4 is 38.1 Å². The maximum absolute atomic E-state index is 12.5. The molecule has 0 saturated carbocycles. The number of nitro benzene ring substituents is 1. The van der Waals surface area contributed by atoms with Crippen molar-refractivity contribution in [2.45, 2.75) is 62.2 Å². The summed E-state index contributed by atoms with van der Waals surface area (Å²) in [6.07, 6.45) is 4.73. The molecule has 212 valence electrons. The molecule has 0 radical (unpaired) electrons. The van der Waals surface area contributed by atoms with E-state index in [1.165, 1.54) is 24.3 Å². The van der Waals surface area contributed by atoms with Gasteiger partial charge in [-0.05, 0) is 60.7 Å². The zero-order valence-corrected chi connectivity index (χ0v) is 23.6. The zero-order chi connectivity index (χ0) is 29.4. The van der Waals surface area contributed by atoms with Crippen LogP contribution in [0.1, 0.15) is 61.8 Å². The molecular weight excluding hydrogens is 558 g/mol. The Morgan fingerprint density at radius 1 is 0.900 bits per heavy atom. The first kappa shape index (κ1) is 29.4. The first-order valence-electron chi connectivity index (χ1n) is 12.7. The van der Waals surface area contributed by atoms with Crippen LogP contribution < -0.4 is 15.2 Å². The van der Waals surface area contributed by atoms with Gasteiger partial charge in [-0.2, -0.15) is 16.8 Å². The van der Waals surface area contributed by atoms with Crippen molar-refractivity contribution < 1.29 is 35.6 Å². The summed E-state index contributed by atoms with van der Waals surface area (Å²) in [7, 11) is -9.81. The molecule has 4 rings (SSSR count). The third kappa shape index (κ3) is 5.66. The topological polar surface area (TPSA) is 161 Å². The normalized spacial score (nSPS) is 12.9. The number of nitrogens with zero attached hydrogens (tertiary/aromatic N) is 1. The molecule has 0 amide bonds. The Bertz CT molecular complexity index is 1850. The van der Waals surface area contributed by atoms with Gasteiger partial charge in [0.2, 0.25) is 0 Å². The van der Waals surface area contributed by atoms with E-state index in [0.717, 1.165) is 48.1 Å². The largest absolute Gasteiger partial charge is 0.455 e. The number of aryl methyl sites for hydroxylation is 1. The van der Waals surface area contributed by atoms with E-state index in [1.807, 2.05) is 13.0 Å². The van der Waals surface area contributed by atoms with Crippen LogP contribution in [0, 0.1) is 10.1 Å². The second-order valence-corrected chi connectivity index (χ2v) is 12.4. The van der Waals surface area contributed by atoms with Gasteiger partial charge in [-0.3, -0.25) is 19.2 Å². The van der Waals surface area contributed by atoms with Crippen LogP contribution in [0.3, 0.4) is 0 Å². The molecule has 10 nitrogen and oxygen atoms in total. The molecule has 3 aromatic carbocycles. The Balaban J connectivity index is 2.23. The Morgan fingerprint density at radius 2 is 1.55 bits per heavy atom. The minimum absolute atomic E-state index is 0.0609. The van der Waals surface area contributed by atoms with Crippen LogP contribution in [0.25, 0.3) is 12.2 Å². The second kappa shape index (κ2) is 11.1. The first-order valence-corrected chi connectivity index (χ1v) is 15.6. The molecule has 0 fully saturated rings. The fraction of sp³-hybridized carbons (Fsp3) is 0.286. The first-order chi connectivity index (χ1) is 18.8. The monoisotopic (exact) mass is 587 g/mol. The van der Waals surface area contributed by atoms with Gasteiger partial charge in [0, 0.05) is 33.5 Å². The number of ether oxygens (including phenoxy) is 1. The molecule has 0 saturated heterocycles. The predicted molar refractivity (Wildman–Crippen MR) is 149 cm³/mol. The van der Waals surface area contributed by atoms with Gasteiger partial charge in [-0.15, -0.1) is 0 Å². The van der Waals surface area contributed by atoms with Crippen molar-refractivity contribution in [1.82, 2.24) is 0 Å². The summed E-state index contributed by atoms with van der Waals surface area (Å²) in [5.74, 6) is 0.456. The van der Waals surface area contributed by atoms with Gasteiger partial charge >= 0.3 is 0 Å². The van der Waals surface area contributed by atoms with E-state index in [-0.39, 0.29) is 22.6 Å². The second-order valence-electron chi connectivity index (χ2n) is 9.60. The van der Waals surface area contributed by atoms with E-state index < -0.39 is 35.0 Å². The van der Waals surface area contributed by atoms with E-state index in [2.05, 4.69) is 13.5 Å². The van der Waals surface area contributed by atoms with E-state index in [4.69, 9.17) is 4.74 Å². The highest BCUT2D eigenvalue weighted by Crippen LogP contribution is 2.41. The third-order valence-corrected chi connectivity index (χ3v) is 8.64. The highest BCUT2D eigenvalue weighted by molar-refractivity contribution is 7.86. The molecule has 0 unspecified atom stereocenters. The number of unbranched alkanes of at least 4 members (excludes halogenated alkanes) is 2. The van der Waals surface area contributed by atoms with Crippen molar-refractivity contribution in [3.63, 3.8) is 0 Å². The van der Waals surface area contributed by atoms with E-state index >= 15 is 0 Å². The average molecular weight is 588 g/mol. The number of nitro groups is 1. The lowest BCUT2D eigenvalue weighted by atomic mass is 9.88. The standard InChI is InChI=1S/C28H29NO9S2/c1-4-6-8-18-14-24-27(23-13-11-20(39(32,33)34)16-26(23)40(35,36)37)22-12-10-19(29(30)31)15-25(22)38-28(24)21(17(18)3)9-7-5-2/h10-16H,3-9H2,1-2H3,(H,32,33,34)(H,35,36,37). The molecule has 40 heavy (non-hydrogen) atoms. The van der Waals surface area contributed by atoms with E-state index in [9.17, 15) is 36.1 Å². The molecule has 0 aliphatic carbocycles. The van der Waals surface area contributed by atoms with Gasteiger partial charge in [-0.25, -0.2) is 0 Å². The van der Waals surface area contributed by atoms with Crippen LogP contribution in [0.2, 0.25) is 0 Å². The van der Waals surface area contributed by atoms with Gasteiger partial charge in [0.05, 0.1) is 15.9 Å². The van der Waals surface area contributed by atoms with Crippen LogP contribution in [0.15, 0.2) is 52.3 Å². The average Bonchev–Trinajstić information content (AvgIpc) is 2.88. The van der Waals surface area contributed by atoms with Gasteiger partial charge in [-0.1, -0.05) is 39.3 Å². The Labute approximate surface area is 232 Å². The summed E-state index contributed by atoms with van der Waals surface area (Å²) in [4.78, 5) is 9.49. The molecule has 0 bridgehead atoms. The summed E-state index contributed by atoms with van der Waals surface area (Å²) < 4.78 is 74.7. The van der Waals surface area contributed by atoms with Crippen molar-refractivity contribution in [2.75, 3.05) is 0 Å². The molecule has 1 aliphatic heterocycles. The van der Waals surface area contributed by atoms with E-state index in [0.29, 0.717) is 35.4 Å². The number of benzene rings is 3. The van der Waals surface area contributed by atoms with Gasteiger partial charge in [0.1, 0.15) is 16.4 Å². The smallest absolute Gasteiger partial charge is 0.295 e. The van der Waals surface area contributed by atoms with Crippen molar-refractivity contribution in [2.24, 2.45) is 0 Å². The zero-order valence-electron chi connectivity index (χ0n) is 22.0. The van der Waals surface area contributed by atoms with Crippen LogP contribution in [0.4, 0.5) is 5.69 Å². The predicted octanol–water partition coefficient (Wildman–Crippen LogP) is 4.54. The highest BCUT2D eigenvalue weighted by atomic mass is 32.2. The minimum Gasteiger partial charge on any atom is -0.455 e. The van der Waals surface area contributed by atoms with Crippen molar-refractivity contribution in [3.05, 3.63) is 85.3 Å². The Kier molecular flexibility index (Phi) is 8.18. The Morgan fingerprint density at radius 3 is 2.15 bits per heavy atom. The summed E-state index contributed by atoms with van der Waals surface area (Å²) in [5, 5.41) is 12.8. The van der Waals surface area contributed by atoms with Crippen LogP contribution >= 0.6 is 0 Å². The molecular formula is C28H29NO9S2. The van der Waals surface area contributed by atoms with Gasteiger partial charge in [0.25, 0.3) is 25.9 Å². The summed E-state index contributed by atoms with van der Waals surface area (Å²) in [6.45, 7) is 8.39. The van der Waals surface area contributed by atoms with Crippen LogP contribution in [-0.2, 0) is 33.1 Å². The fourth-order valence-corrected chi connectivity index (χ4v) is 6.18.